The van der Waals surface area contributed by atoms with E-state index in [0.29, 0.717) is 0 Å². The van der Waals surface area contributed by atoms with Crippen molar-refractivity contribution in [1.82, 2.24) is 0 Å². The first kappa shape index (κ1) is 35.0. The molecule has 1 unspecified atom stereocenters. The van der Waals surface area contributed by atoms with Gasteiger partial charge in [0.1, 0.15) is 0 Å². The number of nitrogens with zero attached hydrogens (tertiary/aromatic N) is 2. The van der Waals surface area contributed by atoms with Gasteiger partial charge in [-0.25, -0.2) is 0 Å². The topological polar surface area (TPSA) is 6.48 Å². The van der Waals surface area contributed by atoms with Gasteiger partial charge in [0.25, 0.3) is 0 Å². The Hall–Kier alpha value is -7.94. The summed E-state index contributed by atoms with van der Waals surface area (Å²) in [6.07, 6.45) is 0. The zero-order valence-corrected chi connectivity index (χ0v) is 33.5. The molecule has 0 heterocycles. The molecule has 0 aliphatic heterocycles. The van der Waals surface area contributed by atoms with Crippen LogP contribution in [0.5, 0.6) is 0 Å². The fraction of sp³-hybridized carbons (Fsp3) is 0.0169. The molecule has 0 aromatic heterocycles. The molecule has 0 saturated carbocycles. The van der Waals surface area contributed by atoms with Gasteiger partial charge < -0.3 is 9.80 Å². The van der Waals surface area contributed by atoms with Crippen LogP contribution in [0.4, 0.5) is 34.1 Å². The van der Waals surface area contributed by atoms with Crippen molar-refractivity contribution in [2.75, 3.05) is 9.80 Å². The van der Waals surface area contributed by atoms with E-state index in [1.165, 1.54) is 72.1 Å². The molecule has 2 nitrogen and oxygen atoms in total. The largest absolute Gasteiger partial charge is 0.310 e. The van der Waals surface area contributed by atoms with Crippen LogP contribution >= 0.6 is 0 Å². The van der Waals surface area contributed by atoms with E-state index in [9.17, 15) is 0 Å². The number of fused-ring (bicyclic) bond motifs is 11. The van der Waals surface area contributed by atoms with Crippen molar-refractivity contribution in [3.8, 4) is 33.4 Å². The lowest BCUT2D eigenvalue weighted by molar-refractivity contribution is 0.795. The van der Waals surface area contributed by atoms with Gasteiger partial charge in [0.15, 0.2) is 0 Å². The molecule has 286 valence electrons. The van der Waals surface area contributed by atoms with Gasteiger partial charge in [0.05, 0.1) is 16.8 Å². The van der Waals surface area contributed by atoms with E-state index in [4.69, 9.17) is 0 Å². The Morgan fingerprint density at radius 2 is 0.787 bits per heavy atom. The Kier molecular flexibility index (Phi) is 8.11. The van der Waals surface area contributed by atoms with Gasteiger partial charge in [-0.2, -0.15) is 0 Å². The SMILES string of the molecule is c1ccc(-c2ccccc2N(c2ccccc2)c2c3c(cc4ccccc24)C2(c4ccccc4-c4ccc(N(c5ccccc5)c5ccccc5)cc42)c2ccccc2-3)cc1. The molecule has 61 heavy (non-hydrogen) atoms. The van der Waals surface area contributed by atoms with Crippen molar-refractivity contribution < 1.29 is 0 Å². The Bertz CT molecular complexity index is 3210. The molecule has 2 aliphatic carbocycles. The first-order valence-corrected chi connectivity index (χ1v) is 21.1. The third kappa shape index (κ3) is 5.29. The summed E-state index contributed by atoms with van der Waals surface area (Å²) in [5.74, 6) is 0. The monoisotopic (exact) mass is 776 g/mol. The second kappa shape index (κ2) is 14.1. The summed E-state index contributed by atoms with van der Waals surface area (Å²) in [5, 5.41) is 2.42. The van der Waals surface area contributed by atoms with Gasteiger partial charge in [0.2, 0.25) is 0 Å². The number of hydrogen-bond donors (Lipinski definition) is 0. The molecule has 12 rings (SSSR count). The molecule has 1 atom stereocenters. The van der Waals surface area contributed by atoms with Crippen LogP contribution in [-0.4, -0.2) is 0 Å². The lowest BCUT2D eigenvalue weighted by Gasteiger charge is -2.34. The zero-order valence-electron chi connectivity index (χ0n) is 33.5. The van der Waals surface area contributed by atoms with Crippen molar-refractivity contribution in [2.24, 2.45) is 0 Å². The summed E-state index contributed by atoms with van der Waals surface area (Å²) in [6, 6.07) is 89.1. The number of benzene rings is 10. The van der Waals surface area contributed by atoms with Crippen molar-refractivity contribution >= 4 is 44.9 Å². The maximum atomic E-state index is 2.53. The summed E-state index contributed by atoms with van der Waals surface area (Å²) in [4.78, 5) is 4.92. The van der Waals surface area contributed by atoms with E-state index in [2.05, 4.69) is 252 Å². The van der Waals surface area contributed by atoms with Crippen LogP contribution in [-0.2, 0) is 5.41 Å². The molecule has 2 aliphatic rings. The fourth-order valence-electron chi connectivity index (χ4n) is 10.4. The van der Waals surface area contributed by atoms with Gasteiger partial charge in [0, 0.05) is 39.3 Å². The predicted molar refractivity (Wildman–Crippen MR) is 255 cm³/mol. The van der Waals surface area contributed by atoms with Crippen LogP contribution in [0.25, 0.3) is 44.2 Å². The minimum absolute atomic E-state index is 0.590. The second-order valence-electron chi connectivity index (χ2n) is 16.0. The predicted octanol–water partition coefficient (Wildman–Crippen LogP) is 15.8. The second-order valence-corrected chi connectivity index (χ2v) is 16.0. The molecule has 0 amide bonds. The highest BCUT2D eigenvalue weighted by molar-refractivity contribution is 6.12. The van der Waals surface area contributed by atoms with Gasteiger partial charge in [-0.1, -0.05) is 182 Å². The van der Waals surface area contributed by atoms with Crippen molar-refractivity contribution in [3.05, 3.63) is 265 Å². The molecule has 0 bridgehead atoms. The highest BCUT2D eigenvalue weighted by Gasteiger charge is 2.53. The third-order valence-electron chi connectivity index (χ3n) is 12.8. The first-order valence-electron chi connectivity index (χ1n) is 21.1. The van der Waals surface area contributed by atoms with Crippen LogP contribution in [0.2, 0.25) is 0 Å². The summed E-state index contributed by atoms with van der Waals surface area (Å²) in [7, 11) is 0. The highest BCUT2D eigenvalue weighted by atomic mass is 15.2. The maximum absolute atomic E-state index is 2.53. The molecule has 0 fully saturated rings. The summed E-state index contributed by atoms with van der Waals surface area (Å²) in [5.41, 5.74) is 18.8. The number of rotatable bonds is 7. The molecule has 1 spiro atoms. The summed E-state index contributed by atoms with van der Waals surface area (Å²) in [6.45, 7) is 0. The number of para-hydroxylation sites is 4. The summed E-state index contributed by atoms with van der Waals surface area (Å²) < 4.78 is 0. The first-order chi connectivity index (χ1) is 30.3. The molecule has 10 aromatic rings. The number of hydrogen-bond acceptors (Lipinski definition) is 2. The van der Waals surface area contributed by atoms with Crippen molar-refractivity contribution in [2.45, 2.75) is 5.41 Å². The Morgan fingerprint density at radius 1 is 0.295 bits per heavy atom. The Balaban J connectivity index is 1.21. The van der Waals surface area contributed by atoms with E-state index in [0.717, 1.165) is 28.4 Å². The minimum atomic E-state index is -0.590. The standard InChI is InChI=1S/C59H40N2/c1-5-21-41(22-6-1)47-30-17-20-36-56(47)61(45-28-11-4-12-29-45)58-48-31-14-13-23-42(48)39-55-57(58)51-33-16-19-35-53(51)59(55)52-34-18-15-32-49(52)50-38-37-46(40-54(50)59)60(43-24-7-2-8-25-43)44-26-9-3-10-27-44/h1-40H. The van der Waals surface area contributed by atoms with Crippen LogP contribution in [0.15, 0.2) is 243 Å². The molecular formula is C59H40N2. The van der Waals surface area contributed by atoms with Crippen LogP contribution < -0.4 is 9.80 Å². The third-order valence-corrected chi connectivity index (χ3v) is 12.8. The summed E-state index contributed by atoms with van der Waals surface area (Å²) >= 11 is 0. The quantitative estimate of drug-likeness (QED) is 0.159. The molecule has 0 N–H and O–H groups in total. The minimum Gasteiger partial charge on any atom is -0.310 e. The van der Waals surface area contributed by atoms with E-state index in [-0.39, 0.29) is 0 Å². The lowest BCUT2D eigenvalue weighted by atomic mass is 9.70. The average Bonchev–Trinajstić information content (AvgIpc) is 3.80. The number of anilines is 6. The highest BCUT2D eigenvalue weighted by Crippen LogP contribution is 2.66. The van der Waals surface area contributed by atoms with Crippen molar-refractivity contribution in [3.63, 3.8) is 0 Å². The van der Waals surface area contributed by atoms with E-state index in [1.807, 2.05) is 0 Å². The fourth-order valence-corrected chi connectivity index (χ4v) is 10.4. The molecule has 0 saturated heterocycles. The lowest BCUT2D eigenvalue weighted by Crippen LogP contribution is -2.26. The molecular weight excluding hydrogens is 737 g/mol. The van der Waals surface area contributed by atoms with Gasteiger partial charge >= 0.3 is 0 Å². The molecule has 0 radical (unpaired) electrons. The van der Waals surface area contributed by atoms with E-state index >= 15 is 0 Å². The Morgan fingerprint density at radius 3 is 1.46 bits per heavy atom. The smallest absolute Gasteiger partial charge is 0.0727 e. The van der Waals surface area contributed by atoms with Crippen LogP contribution in [0, 0.1) is 0 Å². The van der Waals surface area contributed by atoms with E-state index in [1.54, 1.807) is 0 Å². The van der Waals surface area contributed by atoms with Crippen LogP contribution in [0.3, 0.4) is 0 Å². The van der Waals surface area contributed by atoms with Gasteiger partial charge in [-0.05, 0) is 111 Å². The molecule has 2 heteroatoms. The Labute approximate surface area is 356 Å². The molecule has 10 aromatic carbocycles. The maximum Gasteiger partial charge on any atom is 0.0727 e. The zero-order chi connectivity index (χ0) is 40.3. The van der Waals surface area contributed by atoms with Crippen molar-refractivity contribution in [1.29, 1.82) is 0 Å². The van der Waals surface area contributed by atoms with Gasteiger partial charge in [-0.15, -0.1) is 0 Å². The normalized spacial score (nSPS) is 14.3. The van der Waals surface area contributed by atoms with Crippen LogP contribution in [0.1, 0.15) is 22.3 Å². The van der Waals surface area contributed by atoms with E-state index < -0.39 is 5.41 Å². The average molecular weight is 777 g/mol. The van der Waals surface area contributed by atoms with Gasteiger partial charge in [-0.3, -0.25) is 0 Å².